The predicted octanol–water partition coefficient (Wildman–Crippen LogP) is -0.0586. The van der Waals surface area contributed by atoms with E-state index in [0.717, 1.165) is 18.4 Å². The lowest BCUT2D eigenvalue weighted by Gasteiger charge is -2.31. The number of nitrogens with one attached hydrogen (secondary N) is 2. The quantitative estimate of drug-likeness (QED) is 0.734. The molecule has 1 aromatic rings. The first kappa shape index (κ1) is 17.8. The molecular weight excluding hydrogens is 312 g/mol. The van der Waals surface area contributed by atoms with Crippen LogP contribution >= 0.6 is 0 Å². The highest BCUT2D eigenvalue weighted by Crippen LogP contribution is 2.29. The molecule has 1 aromatic carbocycles. The summed E-state index contributed by atoms with van der Waals surface area (Å²) < 4.78 is 5.04. The number of rotatable bonds is 5. The fourth-order valence-corrected chi connectivity index (χ4v) is 2.92. The Kier molecular flexibility index (Phi) is 6.17. The number of methoxy groups -OCH3 is 1. The van der Waals surface area contributed by atoms with E-state index >= 15 is 0 Å². The van der Waals surface area contributed by atoms with E-state index in [4.69, 9.17) is 4.74 Å². The molecule has 2 amide bonds. The van der Waals surface area contributed by atoms with Gasteiger partial charge in [0.15, 0.2) is 0 Å². The Morgan fingerprint density at radius 2 is 1.71 bits per heavy atom. The summed E-state index contributed by atoms with van der Waals surface area (Å²) in [6.45, 7) is 0. The van der Waals surface area contributed by atoms with Crippen LogP contribution in [-0.2, 0) is 20.8 Å². The van der Waals surface area contributed by atoms with Crippen molar-refractivity contribution in [3.63, 3.8) is 0 Å². The summed E-state index contributed by atoms with van der Waals surface area (Å²) in [5.74, 6) is -2.83. The number of carbonyl (C=O) groups excluding carboxylic acids is 3. The van der Waals surface area contributed by atoms with E-state index in [1.54, 1.807) is 31.4 Å². The minimum absolute atomic E-state index is 0.0961. The lowest BCUT2D eigenvalue weighted by molar-refractivity contribution is -0.314. The highest BCUT2D eigenvalue weighted by atomic mass is 16.5. The number of ether oxygens (including phenoxy) is 1. The van der Waals surface area contributed by atoms with Crippen molar-refractivity contribution in [1.29, 1.82) is 0 Å². The number of benzene rings is 1. The third-order valence-corrected chi connectivity index (χ3v) is 4.25. The molecule has 2 rings (SSSR count). The summed E-state index contributed by atoms with van der Waals surface area (Å²) in [5.41, 5.74) is 5.43. The van der Waals surface area contributed by atoms with Crippen molar-refractivity contribution in [3.8, 4) is 5.75 Å². The molecule has 1 aliphatic rings. The van der Waals surface area contributed by atoms with E-state index in [2.05, 4.69) is 10.9 Å². The van der Waals surface area contributed by atoms with Gasteiger partial charge in [0.05, 0.1) is 13.5 Å². The van der Waals surface area contributed by atoms with Crippen LogP contribution < -0.4 is 20.7 Å². The molecule has 0 aromatic heterocycles. The van der Waals surface area contributed by atoms with Gasteiger partial charge in [-0.25, -0.2) is 0 Å². The maximum Gasteiger partial charge on any atom is 0.242 e. The first-order chi connectivity index (χ1) is 11.5. The van der Waals surface area contributed by atoms with Gasteiger partial charge in [-0.15, -0.1) is 0 Å². The average Bonchev–Trinajstić information content (AvgIpc) is 2.60. The maximum atomic E-state index is 12.1. The Labute approximate surface area is 140 Å². The van der Waals surface area contributed by atoms with Crippen LogP contribution in [0, 0.1) is 11.8 Å². The van der Waals surface area contributed by atoms with E-state index < -0.39 is 23.7 Å². The SMILES string of the molecule is COc1ccc(CC(=O)NNC(=O)[C@H]2CCCC[C@H]2C(=O)[O-])cc1. The number of hydrogen-bond acceptors (Lipinski definition) is 5. The van der Waals surface area contributed by atoms with E-state index in [1.807, 2.05) is 0 Å². The average molecular weight is 333 g/mol. The Balaban J connectivity index is 1.83. The van der Waals surface area contributed by atoms with E-state index in [9.17, 15) is 19.5 Å². The van der Waals surface area contributed by atoms with Crippen molar-refractivity contribution < 1.29 is 24.2 Å². The molecule has 1 fully saturated rings. The van der Waals surface area contributed by atoms with Gasteiger partial charge in [-0.05, 0) is 30.5 Å². The van der Waals surface area contributed by atoms with Crippen LogP contribution in [0.4, 0.5) is 0 Å². The van der Waals surface area contributed by atoms with Gasteiger partial charge in [0.2, 0.25) is 11.8 Å². The zero-order chi connectivity index (χ0) is 17.5. The summed E-state index contributed by atoms with van der Waals surface area (Å²) in [6, 6.07) is 7.00. The minimum atomic E-state index is -1.21. The largest absolute Gasteiger partial charge is 0.550 e. The van der Waals surface area contributed by atoms with Gasteiger partial charge in [0.1, 0.15) is 5.75 Å². The van der Waals surface area contributed by atoms with Gasteiger partial charge in [0.25, 0.3) is 0 Å². The number of aliphatic carboxylic acids is 1. The van der Waals surface area contributed by atoms with Crippen LogP contribution in [-0.4, -0.2) is 24.9 Å². The van der Waals surface area contributed by atoms with Gasteiger partial charge >= 0.3 is 0 Å². The number of carboxylic acids is 1. The molecule has 2 atom stereocenters. The molecule has 0 aliphatic heterocycles. The molecule has 130 valence electrons. The normalized spacial score (nSPS) is 20.0. The van der Waals surface area contributed by atoms with E-state index in [-0.39, 0.29) is 12.3 Å². The smallest absolute Gasteiger partial charge is 0.242 e. The zero-order valence-corrected chi connectivity index (χ0v) is 13.5. The molecular formula is C17H21N2O5-. The monoisotopic (exact) mass is 333 g/mol. The number of hydrogen-bond donors (Lipinski definition) is 2. The van der Waals surface area contributed by atoms with Crippen LogP contribution in [0.3, 0.4) is 0 Å². The summed E-state index contributed by atoms with van der Waals surface area (Å²) in [4.78, 5) is 35.1. The molecule has 0 unspecified atom stereocenters. The Morgan fingerprint density at radius 1 is 1.08 bits per heavy atom. The maximum absolute atomic E-state index is 12.1. The zero-order valence-electron chi connectivity index (χ0n) is 13.5. The molecule has 24 heavy (non-hydrogen) atoms. The van der Waals surface area contributed by atoms with Crippen molar-refractivity contribution in [1.82, 2.24) is 10.9 Å². The molecule has 1 aliphatic carbocycles. The van der Waals surface area contributed by atoms with E-state index in [1.165, 1.54) is 0 Å². The highest BCUT2D eigenvalue weighted by molar-refractivity contribution is 5.87. The van der Waals surface area contributed by atoms with Crippen molar-refractivity contribution >= 4 is 17.8 Å². The molecule has 0 saturated heterocycles. The predicted molar refractivity (Wildman–Crippen MR) is 83.4 cm³/mol. The van der Waals surface area contributed by atoms with Crippen molar-refractivity contribution in [2.45, 2.75) is 32.1 Å². The number of carboxylic acid groups (broad SMARTS) is 1. The molecule has 1 saturated carbocycles. The standard InChI is InChI=1S/C17H22N2O5/c1-24-12-8-6-11(7-9-12)10-15(20)18-19-16(21)13-4-2-3-5-14(13)17(22)23/h6-9,13-14H,2-5,10H2,1H3,(H,18,20)(H,19,21)(H,22,23)/p-1/t13-,14+/m0/s1. The Hall–Kier alpha value is -2.57. The van der Waals surface area contributed by atoms with Crippen molar-refractivity contribution in [2.75, 3.05) is 7.11 Å². The molecule has 7 heteroatoms. The van der Waals surface area contributed by atoms with Crippen molar-refractivity contribution in [2.24, 2.45) is 11.8 Å². The summed E-state index contributed by atoms with van der Waals surface area (Å²) >= 11 is 0. The lowest BCUT2D eigenvalue weighted by atomic mass is 9.79. The molecule has 7 nitrogen and oxygen atoms in total. The first-order valence-corrected chi connectivity index (χ1v) is 7.93. The van der Waals surface area contributed by atoms with Crippen LogP contribution in [0.15, 0.2) is 24.3 Å². The first-order valence-electron chi connectivity index (χ1n) is 7.93. The van der Waals surface area contributed by atoms with Gasteiger partial charge < -0.3 is 14.6 Å². The number of amides is 2. The molecule has 0 heterocycles. The van der Waals surface area contributed by atoms with Crippen LogP contribution in [0.25, 0.3) is 0 Å². The molecule has 0 radical (unpaired) electrons. The van der Waals surface area contributed by atoms with Crippen molar-refractivity contribution in [3.05, 3.63) is 29.8 Å². The second-order valence-electron chi connectivity index (χ2n) is 5.88. The third-order valence-electron chi connectivity index (χ3n) is 4.25. The second kappa shape index (κ2) is 8.33. The summed E-state index contributed by atoms with van der Waals surface area (Å²) in [6.07, 6.45) is 2.58. The van der Waals surface area contributed by atoms with Crippen LogP contribution in [0.2, 0.25) is 0 Å². The van der Waals surface area contributed by atoms with Gasteiger partial charge in [-0.2, -0.15) is 0 Å². The number of carbonyl (C=O) groups is 3. The van der Waals surface area contributed by atoms with Gasteiger partial charge in [-0.3, -0.25) is 20.4 Å². The lowest BCUT2D eigenvalue weighted by Crippen LogP contribution is -2.50. The van der Waals surface area contributed by atoms with E-state index in [0.29, 0.717) is 18.6 Å². The summed E-state index contributed by atoms with van der Waals surface area (Å²) in [7, 11) is 1.56. The highest BCUT2D eigenvalue weighted by Gasteiger charge is 2.31. The molecule has 0 bridgehead atoms. The van der Waals surface area contributed by atoms with Gasteiger partial charge in [-0.1, -0.05) is 25.0 Å². The fourth-order valence-electron chi connectivity index (χ4n) is 2.92. The van der Waals surface area contributed by atoms with Crippen LogP contribution in [0.1, 0.15) is 31.2 Å². The second-order valence-corrected chi connectivity index (χ2v) is 5.88. The molecule has 0 spiro atoms. The minimum Gasteiger partial charge on any atom is -0.550 e. The third kappa shape index (κ3) is 4.71. The Bertz CT molecular complexity index is 600. The Morgan fingerprint density at radius 3 is 2.29 bits per heavy atom. The van der Waals surface area contributed by atoms with Crippen LogP contribution in [0.5, 0.6) is 5.75 Å². The topological polar surface area (TPSA) is 108 Å². The van der Waals surface area contributed by atoms with Gasteiger partial charge in [0, 0.05) is 17.8 Å². The number of hydrazine groups is 1. The molecule has 2 N–H and O–H groups in total. The fraction of sp³-hybridized carbons (Fsp3) is 0.471. The summed E-state index contributed by atoms with van der Waals surface area (Å²) in [5, 5.41) is 11.1.